The zero-order valence-electron chi connectivity index (χ0n) is 14.3. The van der Waals surface area contributed by atoms with E-state index in [1.165, 1.54) is 103 Å². The van der Waals surface area contributed by atoms with Crippen LogP contribution in [-0.2, 0) is 0 Å². The van der Waals surface area contributed by atoms with Crippen LogP contribution in [0.5, 0.6) is 0 Å². The van der Waals surface area contributed by atoms with Crippen LogP contribution in [0.4, 0.5) is 0 Å². The van der Waals surface area contributed by atoms with E-state index in [4.69, 9.17) is 0 Å². The van der Waals surface area contributed by atoms with Gasteiger partial charge in [0.05, 0.1) is 0 Å². The van der Waals surface area contributed by atoms with E-state index >= 15 is 0 Å². The monoisotopic (exact) mass is 280 g/mol. The number of hydrogen-bond donors (Lipinski definition) is 0. The van der Waals surface area contributed by atoms with Gasteiger partial charge in [-0.1, -0.05) is 123 Å². The van der Waals surface area contributed by atoms with Crippen molar-refractivity contribution in [2.75, 3.05) is 0 Å². The smallest absolute Gasteiger partial charge is 0.0386 e. The molecular weight excluding hydrogens is 240 g/mol. The fraction of sp³-hybridized carbons (Fsp3) is 0.900. The molecule has 0 heteroatoms. The van der Waals surface area contributed by atoms with Gasteiger partial charge in [0.2, 0.25) is 0 Å². The lowest BCUT2D eigenvalue weighted by Crippen LogP contribution is -1.84. The SMILES string of the molecule is [CH2]CCCCCCCC[CH]CCCCCCCCCC. The van der Waals surface area contributed by atoms with Gasteiger partial charge in [0, 0.05) is 0 Å². The summed E-state index contributed by atoms with van der Waals surface area (Å²) >= 11 is 0. The maximum absolute atomic E-state index is 3.89. The van der Waals surface area contributed by atoms with Crippen LogP contribution in [0.1, 0.15) is 116 Å². The molecule has 0 aliphatic rings. The molecular formula is C20H40. The summed E-state index contributed by atoms with van der Waals surface area (Å²) in [7, 11) is 0. The van der Waals surface area contributed by atoms with Crippen LogP contribution in [0.3, 0.4) is 0 Å². The van der Waals surface area contributed by atoms with E-state index in [9.17, 15) is 0 Å². The number of hydrogen-bond acceptors (Lipinski definition) is 0. The molecule has 0 nitrogen and oxygen atoms in total. The molecule has 0 saturated carbocycles. The molecule has 0 atom stereocenters. The Morgan fingerprint density at radius 1 is 0.550 bits per heavy atom. The summed E-state index contributed by atoms with van der Waals surface area (Å²) in [6.45, 7) is 6.18. The Hall–Kier alpha value is 0. The molecule has 0 aromatic rings. The average Bonchev–Trinajstić information content (AvgIpc) is 2.47. The van der Waals surface area contributed by atoms with Gasteiger partial charge >= 0.3 is 0 Å². The highest BCUT2D eigenvalue weighted by molar-refractivity contribution is 4.64. The second kappa shape index (κ2) is 19.0. The summed E-state index contributed by atoms with van der Waals surface area (Å²) in [5, 5.41) is 0. The van der Waals surface area contributed by atoms with Crippen molar-refractivity contribution in [1.29, 1.82) is 0 Å². The highest BCUT2D eigenvalue weighted by Gasteiger charge is 1.94. The zero-order chi connectivity index (χ0) is 14.7. The topological polar surface area (TPSA) is 0 Å². The molecule has 0 heterocycles. The fourth-order valence-electron chi connectivity index (χ4n) is 2.74. The normalized spacial score (nSPS) is 11.1. The average molecular weight is 281 g/mol. The van der Waals surface area contributed by atoms with Crippen molar-refractivity contribution in [1.82, 2.24) is 0 Å². The van der Waals surface area contributed by atoms with Crippen molar-refractivity contribution in [2.24, 2.45) is 0 Å². The Kier molecular flexibility index (Phi) is 19.0. The van der Waals surface area contributed by atoms with Gasteiger partial charge in [-0.05, 0) is 6.42 Å². The van der Waals surface area contributed by atoms with Crippen molar-refractivity contribution in [3.8, 4) is 0 Å². The van der Waals surface area contributed by atoms with Gasteiger partial charge in [0.15, 0.2) is 0 Å². The lowest BCUT2D eigenvalue weighted by molar-refractivity contribution is 0.564. The molecule has 2 radical (unpaired) electrons. The molecule has 0 aliphatic carbocycles. The Bertz CT molecular complexity index is 132. The minimum absolute atomic E-state index is 1.12. The van der Waals surface area contributed by atoms with Crippen molar-refractivity contribution < 1.29 is 0 Å². The number of rotatable bonds is 17. The second-order valence-corrected chi connectivity index (χ2v) is 6.32. The third kappa shape index (κ3) is 18.0. The lowest BCUT2D eigenvalue weighted by atomic mass is 10.0. The minimum Gasteiger partial charge on any atom is -0.0654 e. The van der Waals surface area contributed by atoms with Gasteiger partial charge in [-0.25, -0.2) is 0 Å². The Balaban J connectivity index is 2.89. The molecule has 0 N–H and O–H groups in total. The molecule has 0 rings (SSSR count). The first kappa shape index (κ1) is 20.0. The van der Waals surface area contributed by atoms with Crippen LogP contribution in [0.25, 0.3) is 0 Å². The summed E-state index contributed by atoms with van der Waals surface area (Å²) in [6, 6.07) is 0. The van der Waals surface area contributed by atoms with Gasteiger partial charge in [0.1, 0.15) is 0 Å². The van der Waals surface area contributed by atoms with E-state index in [1.807, 2.05) is 0 Å². The van der Waals surface area contributed by atoms with E-state index in [0.717, 1.165) is 6.42 Å². The van der Waals surface area contributed by atoms with Gasteiger partial charge in [-0.15, -0.1) is 0 Å². The van der Waals surface area contributed by atoms with Crippen LogP contribution < -0.4 is 0 Å². The van der Waals surface area contributed by atoms with E-state index in [1.54, 1.807) is 0 Å². The first-order valence-electron chi connectivity index (χ1n) is 9.52. The second-order valence-electron chi connectivity index (χ2n) is 6.32. The van der Waals surface area contributed by atoms with E-state index in [0.29, 0.717) is 0 Å². The summed E-state index contributed by atoms with van der Waals surface area (Å²) < 4.78 is 0. The molecule has 0 fully saturated rings. The molecule has 0 unspecified atom stereocenters. The van der Waals surface area contributed by atoms with Crippen LogP contribution in [0, 0.1) is 13.3 Å². The van der Waals surface area contributed by atoms with Crippen LogP contribution >= 0.6 is 0 Å². The first-order valence-corrected chi connectivity index (χ1v) is 9.52. The van der Waals surface area contributed by atoms with E-state index in [-0.39, 0.29) is 0 Å². The highest BCUT2D eigenvalue weighted by atomic mass is 14.0. The van der Waals surface area contributed by atoms with E-state index in [2.05, 4.69) is 20.3 Å². The van der Waals surface area contributed by atoms with Crippen molar-refractivity contribution >= 4 is 0 Å². The highest BCUT2D eigenvalue weighted by Crippen LogP contribution is 2.13. The van der Waals surface area contributed by atoms with Gasteiger partial charge in [0.25, 0.3) is 0 Å². The molecule has 20 heavy (non-hydrogen) atoms. The molecule has 0 bridgehead atoms. The zero-order valence-corrected chi connectivity index (χ0v) is 14.3. The lowest BCUT2D eigenvalue weighted by Gasteiger charge is -2.03. The Morgan fingerprint density at radius 3 is 1.40 bits per heavy atom. The van der Waals surface area contributed by atoms with Crippen molar-refractivity contribution in [3.63, 3.8) is 0 Å². The van der Waals surface area contributed by atoms with E-state index < -0.39 is 0 Å². The standard InChI is InChI=1S/C20H40/c1-3-5-7-9-11-13-15-17-19-20-18-16-14-12-10-8-6-4-2/h19H,1,3-18,20H2,2H3. The number of unbranched alkanes of at least 4 members (excludes halogenated alkanes) is 17. The Labute approximate surface area is 130 Å². The molecule has 0 saturated heterocycles. The van der Waals surface area contributed by atoms with Crippen LogP contribution in [0.15, 0.2) is 0 Å². The third-order valence-electron chi connectivity index (χ3n) is 4.17. The maximum atomic E-state index is 3.89. The maximum Gasteiger partial charge on any atom is -0.0386 e. The van der Waals surface area contributed by atoms with Gasteiger partial charge in [-0.2, -0.15) is 0 Å². The van der Waals surface area contributed by atoms with Gasteiger partial charge < -0.3 is 0 Å². The molecule has 0 spiro atoms. The third-order valence-corrected chi connectivity index (χ3v) is 4.17. The largest absolute Gasteiger partial charge is 0.0654 e. The molecule has 0 aromatic heterocycles. The van der Waals surface area contributed by atoms with Crippen molar-refractivity contribution in [3.05, 3.63) is 13.3 Å². The Morgan fingerprint density at radius 2 is 0.950 bits per heavy atom. The molecule has 0 aromatic carbocycles. The predicted octanol–water partition coefficient (Wildman–Crippen LogP) is 7.68. The van der Waals surface area contributed by atoms with Crippen LogP contribution in [0.2, 0.25) is 0 Å². The fourth-order valence-corrected chi connectivity index (χ4v) is 2.74. The summed E-state index contributed by atoms with van der Waals surface area (Å²) in [6.07, 6.45) is 26.3. The van der Waals surface area contributed by atoms with Crippen LogP contribution in [-0.4, -0.2) is 0 Å². The quantitative estimate of drug-likeness (QED) is 0.240. The first-order chi connectivity index (χ1) is 9.91. The van der Waals surface area contributed by atoms with Crippen molar-refractivity contribution in [2.45, 2.75) is 116 Å². The summed E-state index contributed by atoms with van der Waals surface area (Å²) in [5.41, 5.74) is 0. The van der Waals surface area contributed by atoms with Gasteiger partial charge in [-0.3, -0.25) is 0 Å². The molecule has 0 aliphatic heterocycles. The molecule has 0 amide bonds. The summed E-state index contributed by atoms with van der Waals surface area (Å²) in [4.78, 5) is 0. The predicted molar refractivity (Wildman–Crippen MR) is 93.8 cm³/mol. The summed E-state index contributed by atoms with van der Waals surface area (Å²) in [5.74, 6) is 0. The molecule has 120 valence electrons. The minimum atomic E-state index is 1.12.